The van der Waals surface area contributed by atoms with E-state index in [1.54, 1.807) is 12.1 Å². The third-order valence-electron chi connectivity index (χ3n) is 3.23. The van der Waals surface area contributed by atoms with E-state index in [1.807, 2.05) is 24.3 Å². The third-order valence-corrected chi connectivity index (χ3v) is 3.23. The van der Waals surface area contributed by atoms with Crippen molar-refractivity contribution in [1.82, 2.24) is 0 Å². The molecule has 0 radical (unpaired) electrons. The van der Waals surface area contributed by atoms with Crippen molar-refractivity contribution in [3.8, 4) is 0 Å². The average Bonchev–Trinajstić information content (AvgIpc) is 2.46. The minimum absolute atomic E-state index is 0.0178. The summed E-state index contributed by atoms with van der Waals surface area (Å²) in [4.78, 5) is 23.7. The van der Waals surface area contributed by atoms with Crippen LogP contribution in [0.3, 0.4) is 0 Å². The minimum Gasteiger partial charge on any atom is -0.469 e. The Labute approximate surface area is 106 Å². The molecule has 0 spiro atoms. The second-order valence-corrected chi connectivity index (χ2v) is 4.43. The van der Waals surface area contributed by atoms with Crippen LogP contribution >= 0.6 is 0 Å². The van der Waals surface area contributed by atoms with Crippen LogP contribution in [0.2, 0.25) is 0 Å². The van der Waals surface area contributed by atoms with Gasteiger partial charge in [0.05, 0.1) is 13.0 Å². The minimum atomic E-state index is -0.221. The summed E-state index contributed by atoms with van der Waals surface area (Å²) in [7, 11) is 1.39. The lowest BCUT2D eigenvalue weighted by molar-refractivity contribution is -0.145. The van der Waals surface area contributed by atoms with E-state index in [0.29, 0.717) is 12.0 Å². The van der Waals surface area contributed by atoms with Gasteiger partial charge in [-0.3, -0.25) is 9.59 Å². The second-order valence-electron chi connectivity index (χ2n) is 4.43. The first kappa shape index (κ1) is 12.6. The molecule has 0 heterocycles. The van der Waals surface area contributed by atoms with Crippen LogP contribution in [0.4, 0.5) is 0 Å². The molecule has 2 rings (SSSR count). The number of esters is 1. The first-order valence-corrected chi connectivity index (χ1v) is 6.09. The van der Waals surface area contributed by atoms with Gasteiger partial charge in [0.15, 0.2) is 5.78 Å². The standard InChI is InChI=1S/C15H16O3/c1-18-15(17)13-9-5-8-12(10-13)14(16)11-6-3-2-4-7-11/h2-4,6-8,13H,5,9-10H2,1H3. The van der Waals surface area contributed by atoms with Gasteiger partial charge in [0.25, 0.3) is 0 Å². The molecule has 18 heavy (non-hydrogen) atoms. The van der Waals surface area contributed by atoms with E-state index in [-0.39, 0.29) is 17.7 Å². The summed E-state index contributed by atoms with van der Waals surface area (Å²) in [6, 6.07) is 9.15. The molecule has 0 N–H and O–H groups in total. The predicted molar refractivity (Wildman–Crippen MR) is 68.2 cm³/mol. The highest BCUT2D eigenvalue weighted by molar-refractivity contribution is 6.09. The van der Waals surface area contributed by atoms with Gasteiger partial charge in [-0.15, -0.1) is 0 Å². The van der Waals surface area contributed by atoms with Gasteiger partial charge in [-0.05, 0) is 24.8 Å². The van der Waals surface area contributed by atoms with Crippen LogP contribution in [0.25, 0.3) is 0 Å². The number of allylic oxidation sites excluding steroid dienone is 2. The first-order chi connectivity index (χ1) is 8.72. The molecule has 1 unspecified atom stereocenters. The van der Waals surface area contributed by atoms with Crippen molar-refractivity contribution in [3.63, 3.8) is 0 Å². The Hall–Kier alpha value is -1.90. The molecule has 0 aliphatic heterocycles. The van der Waals surface area contributed by atoms with Crippen LogP contribution in [0.1, 0.15) is 29.6 Å². The van der Waals surface area contributed by atoms with Gasteiger partial charge in [-0.25, -0.2) is 0 Å². The van der Waals surface area contributed by atoms with E-state index < -0.39 is 0 Å². The fourth-order valence-corrected chi connectivity index (χ4v) is 2.24. The van der Waals surface area contributed by atoms with Crippen molar-refractivity contribution in [2.24, 2.45) is 5.92 Å². The molecular formula is C15H16O3. The highest BCUT2D eigenvalue weighted by Gasteiger charge is 2.26. The molecule has 0 fully saturated rings. The molecule has 0 bridgehead atoms. The number of rotatable bonds is 3. The van der Waals surface area contributed by atoms with Gasteiger partial charge in [-0.1, -0.05) is 36.4 Å². The van der Waals surface area contributed by atoms with E-state index in [0.717, 1.165) is 18.4 Å². The number of benzene rings is 1. The van der Waals surface area contributed by atoms with Gasteiger partial charge in [-0.2, -0.15) is 0 Å². The van der Waals surface area contributed by atoms with Gasteiger partial charge in [0.1, 0.15) is 0 Å². The SMILES string of the molecule is COC(=O)C1CCC=C(C(=O)c2ccccc2)C1. The Balaban J connectivity index is 2.12. The maximum Gasteiger partial charge on any atom is 0.309 e. The zero-order valence-corrected chi connectivity index (χ0v) is 10.4. The number of hydrogen-bond donors (Lipinski definition) is 0. The van der Waals surface area contributed by atoms with Gasteiger partial charge < -0.3 is 4.74 Å². The Kier molecular flexibility index (Phi) is 3.92. The fourth-order valence-electron chi connectivity index (χ4n) is 2.24. The number of Topliss-reactive ketones (excluding diaryl/α,β-unsaturated/α-hetero) is 1. The van der Waals surface area contributed by atoms with Crippen LogP contribution < -0.4 is 0 Å². The number of carbonyl (C=O) groups is 2. The van der Waals surface area contributed by atoms with E-state index in [4.69, 9.17) is 4.74 Å². The summed E-state index contributed by atoms with van der Waals surface area (Å²) in [5.41, 5.74) is 1.40. The normalized spacial score (nSPS) is 18.9. The summed E-state index contributed by atoms with van der Waals surface area (Å²) < 4.78 is 4.75. The summed E-state index contributed by atoms with van der Waals surface area (Å²) >= 11 is 0. The van der Waals surface area contributed by atoms with Crippen molar-refractivity contribution < 1.29 is 14.3 Å². The fraction of sp³-hybridized carbons (Fsp3) is 0.333. The highest BCUT2D eigenvalue weighted by atomic mass is 16.5. The molecule has 1 atom stereocenters. The monoisotopic (exact) mass is 244 g/mol. The Morgan fingerprint density at radius 3 is 2.61 bits per heavy atom. The van der Waals surface area contributed by atoms with Crippen molar-refractivity contribution in [2.75, 3.05) is 7.11 Å². The molecule has 1 aliphatic rings. The summed E-state index contributed by atoms with van der Waals surface area (Å²) in [5.74, 6) is -0.381. The average molecular weight is 244 g/mol. The predicted octanol–water partition coefficient (Wildman–Crippen LogP) is 2.77. The lowest BCUT2D eigenvalue weighted by atomic mass is 9.85. The van der Waals surface area contributed by atoms with E-state index in [1.165, 1.54) is 7.11 Å². The lowest BCUT2D eigenvalue weighted by Crippen LogP contribution is -2.21. The number of ether oxygens (including phenoxy) is 1. The van der Waals surface area contributed by atoms with Crippen LogP contribution in [-0.4, -0.2) is 18.9 Å². The van der Waals surface area contributed by atoms with Crippen molar-refractivity contribution in [2.45, 2.75) is 19.3 Å². The quantitative estimate of drug-likeness (QED) is 0.606. The van der Waals surface area contributed by atoms with Crippen LogP contribution in [0.15, 0.2) is 42.0 Å². The molecule has 0 amide bonds. The molecule has 3 nitrogen and oxygen atoms in total. The first-order valence-electron chi connectivity index (χ1n) is 6.09. The number of ketones is 1. The largest absolute Gasteiger partial charge is 0.469 e. The summed E-state index contributed by atoms with van der Waals surface area (Å²) in [5, 5.41) is 0. The van der Waals surface area contributed by atoms with Gasteiger partial charge in [0, 0.05) is 5.56 Å². The zero-order valence-electron chi connectivity index (χ0n) is 10.4. The second kappa shape index (κ2) is 5.63. The van der Waals surface area contributed by atoms with Gasteiger partial charge >= 0.3 is 5.97 Å². The molecule has 1 aromatic rings. The molecule has 0 aromatic heterocycles. The molecule has 0 saturated carbocycles. The molecule has 0 saturated heterocycles. The maximum atomic E-state index is 12.2. The van der Waals surface area contributed by atoms with Crippen LogP contribution in [0, 0.1) is 5.92 Å². The number of methoxy groups -OCH3 is 1. The topological polar surface area (TPSA) is 43.4 Å². The zero-order chi connectivity index (χ0) is 13.0. The van der Waals surface area contributed by atoms with Gasteiger partial charge in [0.2, 0.25) is 0 Å². The van der Waals surface area contributed by atoms with Crippen molar-refractivity contribution >= 4 is 11.8 Å². The van der Waals surface area contributed by atoms with Crippen LogP contribution in [0.5, 0.6) is 0 Å². The Bertz CT molecular complexity index is 474. The highest BCUT2D eigenvalue weighted by Crippen LogP contribution is 2.27. The molecule has 1 aromatic carbocycles. The van der Waals surface area contributed by atoms with E-state index in [9.17, 15) is 9.59 Å². The van der Waals surface area contributed by atoms with Crippen LogP contribution in [-0.2, 0) is 9.53 Å². The molecule has 3 heteroatoms. The number of carbonyl (C=O) groups excluding carboxylic acids is 2. The Morgan fingerprint density at radius 2 is 1.94 bits per heavy atom. The Morgan fingerprint density at radius 1 is 1.22 bits per heavy atom. The van der Waals surface area contributed by atoms with Crippen molar-refractivity contribution in [3.05, 3.63) is 47.5 Å². The number of hydrogen-bond acceptors (Lipinski definition) is 3. The third kappa shape index (κ3) is 2.67. The summed E-state index contributed by atoms with van der Waals surface area (Å²) in [6.07, 6.45) is 3.95. The maximum absolute atomic E-state index is 12.2. The van der Waals surface area contributed by atoms with E-state index in [2.05, 4.69) is 0 Å². The summed E-state index contributed by atoms with van der Waals surface area (Å²) in [6.45, 7) is 0. The van der Waals surface area contributed by atoms with Crippen molar-refractivity contribution in [1.29, 1.82) is 0 Å². The molecule has 94 valence electrons. The smallest absolute Gasteiger partial charge is 0.309 e. The molecular weight excluding hydrogens is 228 g/mol. The lowest BCUT2D eigenvalue weighted by Gasteiger charge is -2.19. The van der Waals surface area contributed by atoms with E-state index >= 15 is 0 Å². The molecule has 1 aliphatic carbocycles.